The lowest BCUT2D eigenvalue weighted by Crippen LogP contribution is -2.03. The van der Waals surface area contributed by atoms with Crippen LogP contribution in [0, 0.1) is 0 Å². The van der Waals surface area contributed by atoms with Crippen molar-refractivity contribution in [2.24, 2.45) is 0 Å². The van der Waals surface area contributed by atoms with E-state index in [9.17, 15) is 8.42 Å². The average molecular weight is 309 g/mol. The van der Waals surface area contributed by atoms with Gasteiger partial charge < -0.3 is 0 Å². The molecule has 0 N–H and O–H groups in total. The maximum absolute atomic E-state index is 10.8. The summed E-state index contributed by atoms with van der Waals surface area (Å²) in [6, 6.07) is 0. The van der Waals surface area contributed by atoms with E-state index in [1.807, 2.05) is 0 Å². The fourth-order valence-electron chi connectivity index (χ4n) is 2.13. The van der Waals surface area contributed by atoms with Gasteiger partial charge in [0.25, 0.3) is 10.1 Å². The Morgan fingerprint density at radius 3 is 1.70 bits per heavy atom. The van der Waals surface area contributed by atoms with Gasteiger partial charge in [0.15, 0.2) is 0 Å². The van der Waals surface area contributed by atoms with Gasteiger partial charge >= 0.3 is 0 Å². The van der Waals surface area contributed by atoms with Crippen LogP contribution in [0.5, 0.6) is 0 Å². The molecule has 0 aliphatic heterocycles. The third-order valence-corrected chi connectivity index (χ3v) is 3.88. The summed E-state index contributed by atoms with van der Waals surface area (Å²) in [4.78, 5) is 0. The summed E-state index contributed by atoms with van der Waals surface area (Å²) in [5.74, 6) is 0. The van der Waals surface area contributed by atoms with Gasteiger partial charge in [-0.15, -0.1) is 0 Å². The fraction of sp³-hybridized carbons (Fsp3) is 1.00. The predicted molar refractivity (Wildman–Crippen MR) is 86.5 cm³/mol. The molecule has 0 heterocycles. The normalized spacial score (nSPS) is 14.1. The molecule has 0 saturated heterocycles. The minimum atomic E-state index is -3.46. The zero-order chi connectivity index (χ0) is 16.9. The molecule has 0 aliphatic rings. The minimum absolute atomic E-state index is 0.0659. The Hall–Kier alpha value is -0.0900. The molecular formula is C16H34O3S. The van der Waals surface area contributed by atoms with E-state index in [1.165, 1.54) is 51.4 Å². The molecule has 0 rings (SSSR count). The monoisotopic (exact) mass is 308 g/mol. The molecule has 0 aromatic rings. The molecule has 122 valence electrons. The zero-order valence-corrected chi connectivity index (χ0v) is 14.1. The summed E-state index contributed by atoms with van der Waals surface area (Å²) in [7, 11) is -3.46. The number of hydrogen-bond acceptors (Lipinski definition) is 3. The van der Waals surface area contributed by atoms with Gasteiger partial charge in [0, 0.05) is 2.74 Å². The summed E-state index contributed by atoms with van der Waals surface area (Å²) in [5, 5.41) is 0. The third kappa shape index (κ3) is 17.9. The van der Waals surface area contributed by atoms with E-state index < -0.39 is 16.5 Å². The van der Waals surface area contributed by atoms with Crippen molar-refractivity contribution in [3.63, 3.8) is 0 Å². The molecule has 0 atom stereocenters. The highest BCUT2D eigenvalue weighted by atomic mass is 32.2. The van der Waals surface area contributed by atoms with Gasteiger partial charge in [-0.05, 0) is 6.42 Å². The van der Waals surface area contributed by atoms with Crippen LogP contribution >= 0.6 is 0 Å². The predicted octanol–water partition coefficient (Wildman–Crippen LogP) is 5.05. The fourth-order valence-corrected chi connectivity index (χ4v) is 2.51. The molecule has 0 aromatic heterocycles. The largest absolute Gasteiger partial charge is 0.270 e. The molecule has 0 fully saturated rings. The highest BCUT2D eigenvalue weighted by Gasteiger charge is 2.00. The maximum atomic E-state index is 10.8. The molecule has 0 unspecified atom stereocenters. The van der Waals surface area contributed by atoms with E-state index in [-0.39, 0.29) is 13.0 Å². The lowest BCUT2D eigenvalue weighted by atomic mass is 10.0. The first kappa shape index (κ1) is 16.3. The van der Waals surface area contributed by atoms with Gasteiger partial charge in [-0.3, -0.25) is 4.18 Å². The Labute approximate surface area is 129 Å². The molecular weight excluding hydrogens is 272 g/mol. The Bertz CT molecular complexity index is 356. The van der Waals surface area contributed by atoms with E-state index in [2.05, 4.69) is 11.1 Å². The molecule has 0 spiro atoms. The Morgan fingerprint density at radius 1 is 0.800 bits per heavy atom. The molecule has 0 saturated carbocycles. The van der Waals surface area contributed by atoms with Crippen molar-refractivity contribution in [1.29, 1.82) is 0 Å². The van der Waals surface area contributed by atoms with Gasteiger partial charge in [0.2, 0.25) is 0 Å². The second kappa shape index (κ2) is 13.9. The second-order valence-corrected chi connectivity index (χ2v) is 7.10. The Morgan fingerprint density at radius 2 is 1.25 bits per heavy atom. The van der Waals surface area contributed by atoms with E-state index >= 15 is 0 Å². The second-order valence-electron chi connectivity index (χ2n) is 5.46. The molecule has 0 radical (unpaired) electrons. The summed E-state index contributed by atoms with van der Waals surface area (Å²) < 4.78 is 41.9. The lowest BCUT2D eigenvalue weighted by molar-refractivity contribution is 0.309. The molecule has 3 nitrogen and oxygen atoms in total. The van der Waals surface area contributed by atoms with Crippen molar-refractivity contribution >= 4 is 10.1 Å². The van der Waals surface area contributed by atoms with Crippen LogP contribution in [0.3, 0.4) is 0 Å². The average Bonchev–Trinajstić information content (AvgIpc) is 2.39. The van der Waals surface area contributed by atoms with Crippen LogP contribution in [0.1, 0.15) is 93.1 Å². The first-order valence-electron chi connectivity index (χ1n) is 9.11. The van der Waals surface area contributed by atoms with Crippen molar-refractivity contribution in [2.45, 2.75) is 90.3 Å². The van der Waals surface area contributed by atoms with Crippen LogP contribution in [-0.2, 0) is 14.3 Å². The van der Waals surface area contributed by atoms with Gasteiger partial charge in [-0.25, -0.2) is 0 Å². The van der Waals surface area contributed by atoms with Crippen LogP contribution in [0.25, 0.3) is 0 Å². The molecule has 0 aromatic carbocycles. The van der Waals surface area contributed by atoms with Crippen molar-refractivity contribution in [3.05, 3.63) is 0 Å². The van der Waals surface area contributed by atoms with Gasteiger partial charge in [-0.1, -0.05) is 83.9 Å². The molecule has 0 amide bonds. The van der Waals surface area contributed by atoms with Crippen molar-refractivity contribution in [1.82, 2.24) is 0 Å². The van der Waals surface area contributed by atoms with Crippen LogP contribution in [0.2, 0.25) is 0 Å². The highest BCUT2D eigenvalue weighted by Crippen LogP contribution is 2.12. The van der Waals surface area contributed by atoms with Crippen LogP contribution < -0.4 is 0 Å². The number of hydrogen-bond donors (Lipinski definition) is 0. The van der Waals surface area contributed by atoms with Crippen LogP contribution in [-0.4, -0.2) is 21.3 Å². The third-order valence-electron chi connectivity index (χ3n) is 3.28. The zero-order valence-electron chi connectivity index (χ0n) is 15.3. The molecule has 4 heteroatoms. The maximum Gasteiger partial charge on any atom is 0.264 e. The van der Waals surface area contributed by atoms with Gasteiger partial charge in [-0.2, -0.15) is 8.42 Å². The summed E-state index contributed by atoms with van der Waals surface area (Å²) in [6.45, 7) is 2.16. The smallest absolute Gasteiger partial charge is 0.264 e. The van der Waals surface area contributed by atoms with E-state index in [0.29, 0.717) is 6.42 Å². The topological polar surface area (TPSA) is 43.4 Å². The van der Waals surface area contributed by atoms with Gasteiger partial charge in [0.1, 0.15) is 0 Å². The number of rotatable bonds is 15. The van der Waals surface area contributed by atoms with Crippen LogP contribution in [0.15, 0.2) is 0 Å². The highest BCUT2D eigenvalue weighted by molar-refractivity contribution is 7.85. The van der Waals surface area contributed by atoms with Crippen LogP contribution in [0.4, 0.5) is 0 Å². The SMILES string of the molecule is [2H]C([2H])(CCCCCCCCCCCC)CCOS(C)(=O)=O. The van der Waals surface area contributed by atoms with Crippen molar-refractivity contribution < 1.29 is 15.3 Å². The summed E-state index contributed by atoms with van der Waals surface area (Å²) >= 11 is 0. The minimum Gasteiger partial charge on any atom is -0.270 e. The van der Waals surface area contributed by atoms with Crippen molar-refractivity contribution in [3.8, 4) is 0 Å². The number of unbranched alkanes of at least 4 members (excludes halogenated alkanes) is 9. The van der Waals surface area contributed by atoms with Gasteiger partial charge in [0.05, 0.1) is 12.9 Å². The molecule has 20 heavy (non-hydrogen) atoms. The van der Waals surface area contributed by atoms with E-state index in [4.69, 9.17) is 2.74 Å². The Kier molecular flexibility index (Phi) is 11.3. The van der Waals surface area contributed by atoms with E-state index in [0.717, 1.165) is 19.1 Å². The first-order chi connectivity index (χ1) is 10.3. The molecule has 0 aliphatic carbocycles. The van der Waals surface area contributed by atoms with E-state index in [1.54, 1.807) is 0 Å². The Balaban J connectivity index is 3.45. The summed E-state index contributed by atoms with van der Waals surface area (Å²) in [5.41, 5.74) is 0. The first-order valence-corrected chi connectivity index (χ1v) is 9.93. The summed E-state index contributed by atoms with van der Waals surface area (Å²) in [6.07, 6.45) is 12.6. The van der Waals surface area contributed by atoms with Crippen molar-refractivity contribution in [2.75, 3.05) is 12.9 Å². The quantitative estimate of drug-likeness (QED) is 0.314. The standard InChI is InChI=1S/C16H34O3S/c1-3-4-5-6-7-8-9-10-11-12-13-14-15-16-19-20(2,17)18/h3-16H2,1-2H3/i14D2. The molecule has 0 bridgehead atoms. The lowest BCUT2D eigenvalue weighted by Gasteiger charge is -2.03.